The number of ether oxygens (including phenoxy) is 1. The predicted molar refractivity (Wildman–Crippen MR) is 76.5 cm³/mol. The van der Waals surface area contributed by atoms with Gasteiger partial charge in [-0.2, -0.15) is 5.26 Å². The van der Waals surface area contributed by atoms with Crippen LogP contribution >= 0.6 is 0 Å². The maximum absolute atomic E-state index is 12.3. The van der Waals surface area contributed by atoms with Gasteiger partial charge in [-0.15, -0.1) is 0 Å². The summed E-state index contributed by atoms with van der Waals surface area (Å²) in [5.41, 5.74) is 6.68. The van der Waals surface area contributed by atoms with E-state index >= 15 is 0 Å². The van der Waals surface area contributed by atoms with Crippen LogP contribution in [0.25, 0.3) is 0 Å². The fourth-order valence-electron chi connectivity index (χ4n) is 2.39. The van der Waals surface area contributed by atoms with Crippen molar-refractivity contribution in [2.75, 3.05) is 30.4 Å². The number of pyridine rings is 1. The van der Waals surface area contributed by atoms with E-state index in [4.69, 9.17) is 15.7 Å². The van der Waals surface area contributed by atoms with Gasteiger partial charge in [0.15, 0.2) is 5.82 Å². The minimum absolute atomic E-state index is 0.0687. The number of nitrogens with two attached hydrogens (primary N) is 1. The lowest BCUT2D eigenvalue weighted by Gasteiger charge is -2.36. The van der Waals surface area contributed by atoms with Crippen LogP contribution in [0.3, 0.4) is 0 Å². The molecule has 110 valence electrons. The molecule has 21 heavy (non-hydrogen) atoms. The minimum atomic E-state index is -0.455. The molecule has 3 N–H and O–H groups in total. The summed E-state index contributed by atoms with van der Waals surface area (Å²) in [4.78, 5) is 18.4. The summed E-state index contributed by atoms with van der Waals surface area (Å²) in [6.07, 6.45) is 3.60. The van der Waals surface area contributed by atoms with Gasteiger partial charge in [0.2, 0.25) is 5.91 Å². The number of nitrogens with zero attached hydrogens (tertiary/aromatic N) is 3. The highest BCUT2D eigenvalue weighted by atomic mass is 16.5. The van der Waals surface area contributed by atoms with E-state index in [1.165, 1.54) is 6.20 Å². The second-order valence-electron chi connectivity index (χ2n) is 5.27. The lowest BCUT2D eigenvalue weighted by Crippen LogP contribution is -2.54. The lowest BCUT2D eigenvalue weighted by atomic mass is 10.1. The summed E-state index contributed by atoms with van der Waals surface area (Å²) < 4.78 is 5.42. The molecule has 2 heterocycles. The average molecular weight is 287 g/mol. The molecule has 1 aromatic rings. The minimum Gasteiger partial charge on any atom is -0.395 e. The second kappa shape index (κ2) is 5.58. The average Bonchev–Trinajstić information content (AvgIpc) is 3.31. The van der Waals surface area contributed by atoms with Gasteiger partial charge in [0.05, 0.1) is 24.5 Å². The molecule has 1 saturated heterocycles. The Morgan fingerprint density at radius 2 is 2.38 bits per heavy atom. The Morgan fingerprint density at radius 1 is 1.57 bits per heavy atom. The van der Waals surface area contributed by atoms with Gasteiger partial charge in [-0.3, -0.25) is 4.79 Å². The molecule has 7 nitrogen and oxygen atoms in total. The van der Waals surface area contributed by atoms with Crippen molar-refractivity contribution in [3.63, 3.8) is 0 Å². The summed E-state index contributed by atoms with van der Waals surface area (Å²) >= 11 is 0. The van der Waals surface area contributed by atoms with Crippen LogP contribution in [0.4, 0.5) is 11.5 Å². The first-order valence-electron chi connectivity index (χ1n) is 7.00. The molecule has 1 aliphatic heterocycles. The maximum Gasteiger partial charge on any atom is 0.245 e. The first-order chi connectivity index (χ1) is 10.2. The van der Waals surface area contributed by atoms with E-state index in [1.807, 2.05) is 11.0 Å². The van der Waals surface area contributed by atoms with Gasteiger partial charge in [-0.05, 0) is 18.9 Å². The molecule has 1 aromatic heterocycles. The number of carbonyl (C=O) groups excluding carboxylic acids is 1. The predicted octanol–water partition coefficient (Wildman–Crippen LogP) is 0.0193. The molecular weight excluding hydrogens is 270 g/mol. The summed E-state index contributed by atoms with van der Waals surface area (Å²) in [6, 6.07) is 3.44. The molecule has 0 spiro atoms. The highest BCUT2D eigenvalue weighted by Gasteiger charge is 2.34. The molecule has 0 aromatic carbocycles. The highest BCUT2D eigenvalue weighted by molar-refractivity contribution is 5.87. The van der Waals surface area contributed by atoms with Gasteiger partial charge in [0, 0.05) is 18.8 Å². The van der Waals surface area contributed by atoms with Crippen LogP contribution in [0.15, 0.2) is 12.3 Å². The third-order valence-corrected chi connectivity index (χ3v) is 3.72. The van der Waals surface area contributed by atoms with E-state index < -0.39 is 6.04 Å². The number of amides is 1. The van der Waals surface area contributed by atoms with Crippen LogP contribution in [0.2, 0.25) is 0 Å². The van der Waals surface area contributed by atoms with Crippen molar-refractivity contribution in [3.05, 3.63) is 17.8 Å². The summed E-state index contributed by atoms with van der Waals surface area (Å²) in [5.74, 6) is 0.411. The quantitative estimate of drug-likeness (QED) is 0.812. The number of morpholine rings is 1. The van der Waals surface area contributed by atoms with Crippen molar-refractivity contribution in [2.45, 2.75) is 24.9 Å². The summed E-state index contributed by atoms with van der Waals surface area (Å²) in [7, 11) is 0. The third-order valence-electron chi connectivity index (χ3n) is 3.72. The molecule has 1 unspecified atom stereocenters. The number of hydrogen-bond acceptors (Lipinski definition) is 6. The molecule has 7 heteroatoms. The van der Waals surface area contributed by atoms with Crippen molar-refractivity contribution in [3.8, 4) is 6.07 Å². The Bertz CT molecular complexity index is 594. The van der Waals surface area contributed by atoms with E-state index in [2.05, 4.69) is 10.3 Å². The van der Waals surface area contributed by atoms with Gasteiger partial charge in [0.1, 0.15) is 12.1 Å². The van der Waals surface area contributed by atoms with E-state index in [0.717, 1.165) is 12.8 Å². The second-order valence-corrected chi connectivity index (χ2v) is 5.27. The smallest absolute Gasteiger partial charge is 0.245 e. The molecule has 1 saturated carbocycles. The van der Waals surface area contributed by atoms with Crippen LogP contribution in [-0.2, 0) is 9.53 Å². The fourth-order valence-corrected chi connectivity index (χ4v) is 2.39. The number of anilines is 2. The topological polar surface area (TPSA) is 104 Å². The Hall–Kier alpha value is -2.33. The van der Waals surface area contributed by atoms with Gasteiger partial charge in [-0.25, -0.2) is 4.98 Å². The molecule has 1 amide bonds. The van der Waals surface area contributed by atoms with Crippen molar-refractivity contribution in [2.24, 2.45) is 0 Å². The fraction of sp³-hybridized carbons (Fsp3) is 0.500. The number of rotatable bonds is 3. The zero-order valence-corrected chi connectivity index (χ0v) is 11.6. The largest absolute Gasteiger partial charge is 0.395 e. The Balaban J connectivity index is 1.87. The van der Waals surface area contributed by atoms with Crippen molar-refractivity contribution in [1.29, 1.82) is 5.26 Å². The van der Waals surface area contributed by atoms with E-state index in [-0.39, 0.29) is 11.9 Å². The Morgan fingerprint density at radius 3 is 3.10 bits per heavy atom. The van der Waals surface area contributed by atoms with Crippen molar-refractivity contribution in [1.82, 2.24) is 10.3 Å². The molecule has 1 atom stereocenters. The van der Waals surface area contributed by atoms with Crippen LogP contribution in [0, 0.1) is 11.3 Å². The monoisotopic (exact) mass is 287 g/mol. The zero-order chi connectivity index (χ0) is 14.8. The Labute approximate surface area is 122 Å². The van der Waals surface area contributed by atoms with E-state index in [0.29, 0.717) is 36.8 Å². The molecule has 3 rings (SSSR count). The standard InChI is InChI=1S/C14H17N5O2/c15-7-9-3-4-17-13(12(9)16)19-5-6-21-8-11(19)14(20)18-10-1-2-10/h3-4,10-11H,1-2,5-6,8,16H2,(H,18,20). The number of nitrogen functional groups attached to an aromatic ring is 1. The zero-order valence-electron chi connectivity index (χ0n) is 11.6. The van der Waals surface area contributed by atoms with Gasteiger partial charge < -0.3 is 20.7 Å². The van der Waals surface area contributed by atoms with Gasteiger partial charge in [0.25, 0.3) is 0 Å². The molecule has 1 aliphatic carbocycles. The number of hydrogen-bond donors (Lipinski definition) is 2. The van der Waals surface area contributed by atoms with Crippen molar-refractivity contribution < 1.29 is 9.53 Å². The maximum atomic E-state index is 12.3. The molecule has 2 aliphatic rings. The van der Waals surface area contributed by atoms with Crippen LogP contribution in [0.5, 0.6) is 0 Å². The number of aromatic nitrogens is 1. The summed E-state index contributed by atoms with van der Waals surface area (Å²) in [6.45, 7) is 1.33. The van der Waals surface area contributed by atoms with Crippen LogP contribution in [0.1, 0.15) is 18.4 Å². The van der Waals surface area contributed by atoms with Crippen LogP contribution < -0.4 is 16.0 Å². The Kier molecular flexibility index (Phi) is 3.62. The number of nitriles is 1. The first-order valence-corrected chi connectivity index (χ1v) is 7.00. The first kappa shape index (κ1) is 13.6. The molecule has 2 fully saturated rings. The lowest BCUT2D eigenvalue weighted by molar-refractivity contribution is -0.124. The van der Waals surface area contributed by atoms with Gasteiger partial charge in [-0.1, -0.05) is 0 Å². The van der Waals surface area contributed by atoms with E-state index in [1.54, 1.807) is 6.07 Å². The highest BCUT2D eigenvalue weighted by Crippen LogP contribution is 2.27. The molecule has 0 bridgehead atoms. The van der Waals surface area contributed by atoms with Gasteiger partial charge >= 0.3 is 0 Å². The molecular formula is C14H17N5O2. The normalized spacial score (nSPS) is 21.7. The third kappa shape index (κ3) is 2.76. The van der Waals surface area contributed by atoms with Crippen LogP contribution in [-0.4, -0.2) is 42.7 Å². The number of nitrogens with one attached hydrogen (secondary N) is 1. The SMILES string of the molecule is N#Cc1ccnc(N2CCOCC2C(=O)NC2CC2)c1N. The summed E-state index contributed by atoms with van der Waals surface area (Å²) in [5, 5.41) is 12.0. The van der Waals surface area contributed by atoms with Crippen molar-refractivity contribution >= 4 is 17.4 Å². The molecule has 0 radical (unpaired) electrons. The van der Waals surface area contributed by atoms with E-state index in [9.17, 15) is 4.79 Å². The number of carbonyl (C=O) groups is 1.